The predicted octanol–water partition coefficient (Wildman–Crippen LogP) is 2.71. The summed E-state index contributed by atoms with van der Waals surface area (Å²) in [5, 5.41) is 2.84. The highest BCUT2D eigenvalue weighted by molar-refractivity contribution is 6.29. The van der Waals surface area contributed by atoms with Crippen molar-refractivity contribution in [2.45, 2.75) is 6.92 Å². The Balaban J connectivity index is 2.36. The van der Waals surface area contributed by atoms with Crippen LogP contribution in [-0.4, -0.2) is 30.1 Å². The average Bonchev–Trinajstić information content (AvgIpc) is 2.45. The average molecular weight is 308 g/mol. The van der Waals surface area contributed by atoms with E-state index in [9.17, 15) is 4.79 Å². The van der Waals surface area contributed by atoms with Crippen LogP contribution in [0, 0.1) is 6.92 Å². The topological polar surface area (TPSA) is 73.3 Å². The Labute approximate surface area is 127 Å². The van der Waals surface area contributed by atoms with Crippen molar-refractivity contribution in [3.8, 4) is 11.5 Å². The normalized spacial score (nSPS) is 10.1. The second-order valence-corrected chi connectivity index (χ2v) is 4.53. The van der Waals surface area contributed by atoms with E-state index in [0.717, 1.165) is 0 Å². The molecule has 0 aliphatic rings. The van der Waals surface area contributed by atoms with E-state index in [1.54, 1.807) is 31.2 Å². The van der Waals surface area contributed by atoms with Crippen LogP contribution in [0.4, 0.5) is 5.95 Å². The molecule has 6 nitrogen and oxygen atoms in total. The van der Waals surface area contributed by atoms with Gasteiger partial charge in [0.2, 0.25) is 5.95 Å². The van der Waals surface area contributed by atoms with Crippen LogP contribution in [0.2, 0.25) is 5.15 Å². The van der Waals surface area contributed by atoms with E-state index in [-0.39, 0.29) is 16.7 Å². The molecule has 0 spiro atoms. The lowest BCUT2D eigenvalue weighted by Crippen LogP contribution is -2.16. The van der Waals surface area contributed by atoms with Crippen molar-refractivity contribution in [3.05, 3.63) is 40.7 Å². The molecule has 110 valence electrons. The quantitative estimate of drug-likeness (QED) is 0.879. The Morgan fingerprint density at radius 1 is 1.19 bits per heavy atom. The zero-order chi connectivity index (χ0) is 15.4. The zero-order valence-electron chi connectivity index (χ0n) is 11.8. The van der Waals surface area contributed by atoms with Crippen LogP contribution in [0.1, 0.15) is 16.1 Å². The number of carbonyl (C=O) groups is 1. The molecule has 0 aliphatic heterocycles. The maximum atomic E-state index is 12.4. The molecule has 0 bridgehead atoms. The summed E-state index contributed by atoms with van der Waals surface area (Å²) in [5.74, 6) is 0.472. The molecular formula is C14H14ClN3O3. The third-order valence-corrected chi connectivity index (χ3v) is 2.90. The molecule has 1 N–H and O–H groups in total. The van der Waals surface area contributed by atoms with Crippen LogP contribution in [0.5, 0.6) is 11.5 Å². The number of halogens is 1. The van der Waals surface area contributed by atoms with Gasteiger partial charge in [-0.05, 0) is 25.1 Å². The van der Waals surface area contributed by atoms with Crippen LogP contribution in [0.3, 0.4) is 0 Å². The highest BCUT2D eigenvalue weighted by Gasteiger charge is 2.19. The molecule has 0 unspecified atom stereocenters. The van der Waals surface area contributed by atoms with Crippen molar-refractivity contribution in [2.24, 2.45) is 0 Å². The van der Waals surface area contributed by atoms with Gasteiger partial charge in [0.05, 0.1) is 14.2 Å². The molecule has 1 heterocycles. The summed E-state index contributed by atoms with van der Waals surface area (Å²) < 4.78 is 10.4. The monoisotopic (exact) mass is 307 g/mol. The molecule has 2 aromatic rings. The van der Waals surface area contributed by atoms with E-state index in [4.69, 9.17) is 21.1 Å². The number of carbonyl (C=O) groups excluding carboxylic acids is 1. The van der Waals surface area contributed by atoms with Gasteiger partial charge in [-0.25, -0.2) is 9.97 Å². The lowest BCUT2D eigenvalue weighted by molar-refractivity contribution is 0.102. The van der Waals surface area contributed by atoms with Gasteiger partial charge in [-0.1, -0.05) is 17.7 Å². The van der Waals surface area contributed by atoms with Crippen molar-refractivity contribution >= 4 is 23.5 Å². The molecule has 0 radical (unpaired) electrons. The molecule has 21 heavy (non-hydrogen) atoms. The van der Waals surface area contributed by atoms with Gasteiger partial charge in [0.25, 0.3) is 5.91 Å². The minimum atomic E-state index is -0.439. The molecule has 1 aromatic carbocycles. The van der Waals surface area contributed by atoms with Crippen LogP contribution in [-0.2, 0) is 0 Å². The summed E-state index contributed by atoms with van der Waals surface area (Å²) >= 11 is 5.84. The Morgan fingerprint density at radius 3 is 2.33 bits per heavy atom. The Hall–Kier alpha value is -2.34. The first-order chi connectivity index (χ1) is 10.0. The number of hydrogen-bond donors (Lipinski definition) is 1. The number of anilines is 1. The summed E-state index contributed by atoms with van der Waals surface area (Å²) in [5.41, 5.74) is 0.918. The van der Waals surface area contributed by atoms with Crippen molar-refractivity contribution in [2.75, 3.05) is 19.5 Å². The summed E-state index contributed by atoms with van der Waals surface area (Å²) in [6.07, 6.45) is 0. The van der Waals surface area contributed by atoms with Crippen LogP contribution >= 0.6 is 11.6 Å². The summed E-state index contributed by atoms with van der Waals surface area (Å²) in [6, 6.07) is 6.67. The van der Waals surface area contributed by atoms with Gasteiger partial charge in [0.1, 0.15) is 22.2 Å². The maximum Gasteiger partial charge on any atom is 0.265 e. The van der Waals surface area contributed by atoms with Gasteiger partial charge < -0.3 is 9.47 Å². The van der Waals surface area contributed by atoms with Gasteiger partial charge in [-0.2, -0.15) is 0 Å². The van der Waals surface area contributed by atoms with Gasteiger partial charge >= 0.3 is 0 Å². The Morgan fingerprint density at radius 2 is 1.81 bits per heavy atom. The second-order valence-electron chi connectivity index (χ2n) is 4.15. The Bertz CT molecular complexity index is 634. The predicted molar refractivity (Wildman–Crippen MR) is 79.3 cm³/mol. The SMILES string of the molecule is COc1cccc(OC)c1C(=O)Nc1nc(C)cc(Cl)n1. The highest BCUT2D eigenvalue weighted by atomic mass is 35.5. The van der Waals surface area contributed by atoms with E-state index >= 15 is 0 Å². The van der Waals surface area contributed by atoms with Crippen LogP contribution in [0.15, 0.2) is 24.3 Å². The highest BCUT2D eigenvalue weighted by Crippen LogP contribution is 2.28. The minimum Gasteiger partial charge on any atom is -0.496 e. The third-order valence-electron chi connectivity index (χ3n) is 2.70. The number of hydrogen-bond acceptors (Lipinski definition) is 5. The zero-order valence-corrected chi connectivity index (χ0v) is 12.6. The second kappa shape index (κ2) is 6.41. The number of nitrogens with one attached hydrogen (secondary N) is 1. The molecule has 0 aliphatic carbocycles. The lowest BCUT2D eigenvalue weighted by atomic mass is 10.1. The largest absolute Gasteiger partial charge is 0.496 e. The number of amides is 1. The molecule has 1 aromatic heterocycles. The number of aromatic nitrogens is 2. The van der Waals surface area contributed by atoms with Gasteiger partial charge in [0, 0.05) is 5.69 Å². The molecule has 0 saturated carbocycles. The first-order valence-electron chi connectivity index (χ1n) is 6.08. The van der Waals surface area contributed by atoms with Crippen LogP contribution < -0.4 is 14.8 Å². The van der Waals surface area contributed by atoms with Gasteiger partial charge in [-0.3, -0.25) is 10.1 Å². The standard InChI is InChI=1S/C14H14ClN3O3/c1-8-7-11(15)17-14(16-8)18-13(19)12-9(20-2)5-4-6-10(12)21-3/h4-7H,1-3H3,(H,16,17,18,19). The van der Waals surface area contributed by atoms with E-state index in [1.807, 2.05) is 0 Å². The lowest BCUT2D eigenvalue weighted by Gasteiger charge is -2.12. The molecule has 2 rings (SSSR count). The number of nitrogens with zero attached hydrogens (tertiary/aromatic N) is 2. The molecule has 0 atom stereocenters. The minimum absolute atomic E-state index is 0.123. The molecule has 1 amide bonds. The number of aryl methyl sites for hydroxylation is 1. The van der Waals surface area contributed by atoms with Crippen molar-refractivity contribution in [1.29, 1.82) is 0 Å². The molecule has 0 saturated heterocycles. The van der Waals surface area contributed by atoms with E-state index < -0.39 is 5.91 Å². The summed E-state index contributed by atoms with van der Waals surface area (Å²) in [7, 11) is 2.96. The fourth-order valence-corrected chi connectivity index (χ4v) is 2.06. The summed E-state index contributed by atoms with van der Waals surface area (Å²) in [4.78, 5) is 20.5. The van der Waals surface area contributed by atoms with Crippen molar-refractivity contribution in [3.63, 3.8) is 0 Å². The number of rotatable bonds is 4. The number of methoxy groups -OCH3 is 2. The molecular weight excluding hydrogens is 294 g/mol. The van der Waals surface area contributed by atoms with E-state index in [1.165, 1.54) is 14.2 Å². The smallest absolute Gasteiger partial charge is 0.265 e. The summed E-state index contributed by atoms with van der Waals surface area (Å²) in [6.45, 7) is 1.76. The molecule has 7 heteroatoms. The number of benzene rings is 1. The third kappa shape index (κ3) is 3.41. The number of ether oxygens (including phenoxy) is 2. The fourth-order valence-electron chi connectivity index (χ4n) is 1.83. The van der Waals surface area contributed by atoms with Crippen LogP contribution in [0.25, 0.3) is 0 Å². The van der Waals surface area contributed by atoms with Crippen molar-refractivity contribution < 1.29 is 14.3 Å². The van der Waals surface area contributed by atoms with Gasteiger partial charge in [0.15, 0.2) is 0 Å². The van der Waals surface area contributed by atoms with E-state index in [0.29, 0.717) is 17.2 Å². The van der Waals surface area contributed by atoms with Gasteiger partial charge in [-0.15, -0.1) is 0 Å². The first-order valence-corrected chi connectivity index (χ1v) is 6.46. The van der Waals surface area contributed by atoms with E-state index in [2.05, 4.69) is 15.3 Å². The Kier molecular flexibility index (Phi) is 4.59. The molecule has 0 fully saturated rings. The van der Waals surface area contributed by atoms with Crippen molar-refractivity contribution in [1.82, 2.24) is 9.97 Å². The maximum absolute atomic E-state index is 12.4. The first kappa shape index (κ1) is 15.1. The fraction of sp³-hybridized carbons (Fsp3) is 0.214.